The number of halogens is 1. The van der Waals surface area contributed by atoms with E-state index >= 15 is 0 Å². The van der Waals surface area contributed by atoms with Gasteiger partial charge in [0.1, 0.15) is 0 Å². The topological polar surface area (TPSA) is 37.3 Å². The van der Waals surface area contributed by atoms with Gasteiger partial charge in [-0.15, -0.1) is 0 Å². The Kier molecular flexibility index (Phi) is 3.10. The van der Waals surface area contributed by atoms with Crippen LogP contribution in [0, 0.1) is 10.8 Å². The maximum atomic E-state index is 13.0. The number of aryl methyl sites for hydroxylation is 1. The predicted molar refractivity (Wildman–Crippen MR) is 92.9 cm³/mol. The van der Waals surface area contributed by atoms with E-state index in [1.165, 1.54) is 0 Å². The van der Waals surface area contributed by atoms with Crippen LogP contribution in [0.4, 0.5) is 0 Å². The summed E-state index contributed by atoms with van der Waals surface area (Å²) in [6.07, 6.45) is 1.99. The quantitative estimate of drug-likeness (QED) is 0.872. The number of fused-ring (bicyclic) bond motifs is 2. The number of hydrogen-bond acceptors (Lipinski definition) is 2. The second-order valence-corrected chi connectivity index (χ2v) is 8.11. The number of likely N-dealkylation sites (tertiary alicyclic amines) is 1. The van der Waals surface area contributed by atoms with Crippen LogP contribution in [0.2, 0.25) is 5.02 Å². The molecule has 0 spiro atoms. The van der Waals surface area contributed by atoms with Crippen LogP contribution in [-0.2, 0) is 7.05 Å². The molecule has 122 valence electrons. The van der Waals surface area contributed by atoms with Crippen LogP contribution in [-0.4, -0.2) is 41.6 Å². The normalized spacial score (nSPS) is 30.2. The summed E-state index contributed by atoms with van der Waals surface area (Å²) in [5.41, 5.74) is 1.95. The first-order valence-corrected chi connectivity index (χ1v) is 8.45. The van der Waals surface area contributed by atoms with E-state index in [1.54, 1.807) is 0 Å². The zero-order valence-electron chi connectivity index (χ0n) is 13.8. The highest BCUT2D eigenvalue weighted by Crippen LogP contribution is 2.48. The lowest BCUT2D eigenvalue weighted by Crippen LogP contribution is -2.34. The molecule has 1 N–H and O–H groups in total. The van der Waals surface area contributed by atoms with Gasteiger partial charge in [0, 0.05) is 61.2 Å². The van der Waals surface area contributed by atoms with Crippen LogP contribution in [0.5, 0.6) is 0 Å². The van der Waals surface area contributed by atoms with Crippen LogP contribution >= 0.6 is 11.6 Å². The average Bonchev–Trinajstić information content (AvgIpc) is 3.06. The molecular weight excluding hydrogens is 310 g/mol. The van der Waals surface area contributed by atoms with Crippen molar-refractivity contribution in [3.05, 3.63) is 35.0 Å². The number of carbonyl (C=O) groups is 1. The van der Waals surface area contributed by atoms with Crippen LogP contribution in [0.25, 0.3) is 10.9 Å². The molecule has 4 nitrogen and oxygen atoms in total. The number of hydrogen-bond donors (Lipinski definition) is 1. The minimum Gasteiger partial charge on any atom is -0.351 e. The van der Waals surface area contributed by atoms with E-state index in [4.69, 9.17) is 11.6 Å². The monoisotopic (exact) mass is 331 g/mol. The number of amides is 1. The second kappa shape index (κ2) is 4.74. The summed E-state index contributed by atoms with van der Waals surface area (Å²) in [5.74, 6) is 0.0533. The fourth-order valence-corrected chi connectivity index (χ4v) is 4.44. The van der Waals surface area contributed by atoms with Gasteiger partial charge in [0.05, 0.1) is 10.6 Å². The van der Waals surface area contributed by atoms with Gasteiger partial charge in [0.15, 0.2) is 0 Å². The number of carbonyl (C=O) groups excluding carboxylic acids is 1. The molecule has 2 saturated heterocycles. The van der Waals surface area contributed by atoms with Crippen LogP contribution in [0.1, 0.15) is 24.2 Å². The number of nitrogens with one attached hydrogen (secondary N) is 1. The lowest BCUT2D eigenvalue weighted by molar-refractivity contribution is 0.0770. The number of benzene rings is 1. The Hall–Kier alpha value is -1.52. The number of rotatable bonds is 1. The van der Waals surface area contributed by atoms with Gasteiger partial charge in [-0.1, -0.05) is 25.4 Å². The van der Waals surface area contributed by atoms with Crippen molar-refractivity contribution in [2.75, 3.05) is 26.2 Å². The predicted octanol–water partition coefficient (Wildman–Crippen LogP) is 2.90. The summed E-state index contributed by atoms with van der Waals surface area (Å²) in [5, 5.41) is 5.07. The molecule has 2 aliphatic rings. The van der Waals surface area contributed by atoms with Gasteiger partial charge in [-0.3, -0.25) is 4.79 Å². The summed E-state index contributed by atoms with van der Waals surface area (Å²) in [6.45, 7) is 8.08. The third kappa shape index (κ3) is 2.05. The highest BCUT2D eigenvalue weighted by atomic mass is 35.5. The third-order valence-corrected chi connectivity index (χ3v) is 6.37. The van der Waals surface area contributed by atoms with Gasteiger partial charge in [-0.25, -0.2) is 0 Å². The van der Waals surface area contributed by atoms with E-state index in [0.717, 1.165) is 37.1 Å². The second-order valence-electron chi connectivity index (χ2n) is 7.70. The molecule has 0 radical (unpaired) electrons. The first-order valence-electron chi connectivity index (χ1n) is 8.08. The standard InChI is InChI=1S/C18H22ClN3O/c1-17-8-20-9-18(17,2)11-22(10-17)16(23)13-6-12-4-5-21(3)15(12)7-14(13)19/h4-7,20H,8-11H2,1-3H3/t17-,18+. The molecule has 0 unspecified atom stereocenters. The minimum absolute atomic E-state index is 0.0533. The van der Waals surface area contributed by atoms with Crippen molar-refractivity contribution in [1.82, 2.24) is 14.8 Å². The summed E-state index contributed by atoms with van der Waals surface area (Å²) >= 11 is 6.42. The van der Waals surface area contributed by atoms with Crippen molar-refractivity contribution < 1.29 is 4.79 Å². The van der Waals surface area contributed by atoms with Crippen LogP contribution in [0.15, 0.2) is 24.4 Å². The van der Waals surface area contributed by atoms with Gasteiger partial charge in [0.2, 0.25) is 0 Å². The smallest absolute Gasteiger partial charge is 0.255 e. The minimum atomic E-state index is 0.0533. The Labute approximate surface area is 141 Å². The van der Waals surface area contributed by atoms with E-state index in [9.17, 15) is 4.79 Å². The fraction of sp³-hybridized carbons (Fsp3) is 0.500. The molecule has 2 aliphatic heterocycles. The Morgan fingerprint density at radius 1 is 1.22 bits per heavy atom. The maximum Gasteiger partial charge on any atom is 0.255 e. The first kappa shape index (κ1) is 15.0. The SMILES string of the molecule is Cn1ccc2cc(C(=O)N3C[C@]4(C)CNC[C@]4(C)C3)c(Cl)cc21. The molecule has 2 aromatic rings. The molecule has 2 fully saturated rings. The molecule has 1 aromatic carbocycles. The summed E-state index contributed by atoms with van der Waals surface area (Å²) < 4.78 is 2.02. The summed E-state index contributed by atoms with van der Waals surface area (Å²) in [7, 11) is 1.98. The molecule has 0 aliphatic carbocycles. The lowest BCUT2D eigenvalue weighted by Gasteiger charge is -2.30. The van der Waals surface area contributed by atoms with Crippen LogP contribution < -0.4 is 5.32 Å². The molecule has 0 saturated carbocycles. The average molecular weight is 332 g/mol. The largest absolute Gasteiger partial charge is 0.351 e. The lowest BCUT2D eigenvalue weighted by atomic mass is 9.71. The van der Waals surface area contributed by atoms with Crippen molar-refractivity contribution in [2.45, 2.75) is 13.8 Å². The summed E-state index contributed by atoms with van der Waals surface area (Å²) in [6, 6.07) is 5.84. The van der Waals surface area contributed by atoms with Gasteiger partial charge in [-0.2, -0.15) is 0 Å². The Morgan fingerprint density at radius 2 is 1.87 bits per heavy atom. The fourth-order valence-electron chi connectivity index (χ4n) is 4.20. The zero-order chi connectivity index (χ0) is 16.4. The van der Waals surface area contributed by atoms with E-state index in [0.29, 0.717) is 10.6 Å². The molecule has 5 heteroatoms. The van der Waals surface area contributed by atoms with Crippen molar-refractivity contribution in [1.29, 1.82) is 0 Å². The van der Waals surface area contributed by atoms with Crippen molar-refractivity contribution in [3.63, 3.8) is 0 Å². The molecule has 1 amide bonds. The van der Waals surface area contributed by atoms with Crippen molar-refractivity contribution in [2.24, 2.45) is 17.9 Å². The van der Waals surface area contributed by atoms with E-state index in [1.807, 2.05) is 40.9 Å². The Bertz CT molecular complexity index is 796. The van der Waals surface area contributed by atoms with Gasteiger partial charge in [0.25, 0.3) is 5.91 Å². The van der Waals surface area contributed by atoms with Crippen molar-refractivity contribution in [3.8, 4) is 0 Å². The van der Waals surface area contributed by atoms with E-state index in [2.05, 4.69) is 19.2 Å². The molecule has 3 heterocycles. The zero-order valence-corrected chi connectivity index (χ0v) is 14.6. The number of aromatic nitrogens is 1. The molecular formula is C18H22ClN3O. The first-order chi connectivity index (χ1) is 10.8. The van der Waals surface area contributed by atoms with Gasteiger partial charge < -0.3 is 14.8 Å². The highest BCUT2D eigenvalue weighted by molar-refractivity contribution is 6.34. The van der Waals surface area contributed by atoms with Crippen LogP contribution in [0.3, 0.4) is 0 Å². The maximum absolute atomic E-state index is 13.0. The summed E-state index contributed by atoms with van der Waals surface area (Å²) in [4.78, 5) is 15.0. The Balaban J connectivity index is 1.69. The molecule has 1 aromatic heterocycles. The van der Waals surface area contributed by atoms with Gasteiger partial charge >= 0.3 is 0 Å². The molecule has 2 atom stereocenters. The molecule has 4 rings (SSSR count). The Morgan fingerprint density at radius 3 is 2.52 bits per heavy atom. The molecule has 0 bridgehead atoms. The van der Waals surface area contributed by atoms with E-state index < -0.39 is 0 Å². The third-order valence-electron chi connectivity index (χ3n) is 6.06. The number of nitrogens with zero attached hydrogens (tertiary/aromatic N) is 2. The van der Waals surface area contributed by atoms with E-state index in [-0.39, 0.29) is 16.7 Å². The van der Waals surface area contributed by atoms with Gasteiger partial charge in [-0.05, 0) is 18.2 Å². The van der Waals surface area contributed by atoms with Crippen molar-refractivity contribution >= 4 is 28.4 Å². The highest BCUT2D eigenvalue weighted by Gasteiger charge is 2.55. The molecule has 23 heavy (non-hydrogen) atoms.